The van der Waals surface area contributed by atoms with Crippen LogP contribution in [0.1, 0.15) is 22.8 Å². The molecule has 0 bridgehead atoms. The topological polar surface area (TPSA) is 66.4 Å². The Morgan fingerprint density at radius 2 is 1.62 bits per heavy atom. The summed E-state index contributed by atoms with van der Waals surface area (Å²) in [6.45, 7) is 1.41. The fourth-order valence-electron chi connectivity index (χ4n) is 1.92. The molecule has 0 aliphatic rings. The summed E-state index contributed by atoms with van der Waals surface area (Å²) in [5, 5.41) is 11.9. The lowest BCUT2D eigenvalue weighted by Gasteiger charge is -2.26. The van der Waals surface area contributed by atoms with Crippen LogP contribution >= 0.6 is 0 Å². The second kappa shape index (κ2) is 5.75. The van der Waals surface area contributed by atoms with Crippen molar-refractivity contribution in [3.05, 3.63) is 71.5 Å². The molecule has 0 aromatic heterocycles. The van der Waals surface area contributed by atoms with Gasteiger partial charge in [0, 0.05) is 5.56 Å². The van der Waals surface area contributed by atoms with E-state index >= 15 is 0 Å². The average Bonchev–Trinajstić information content (AvgIpc) is 2.48. The summed E-state index contributed by atoms with van der Waals surface area (Å²) in [6, 6.07) is 13.3. The van der Waals surface area contributed by atoms with Gasteiger partial charge in [0.1, 0.15) is 5.82 Å². The maximum atomic E-state index is 12.9. The lowest BCUT2D eigenvalue weighted by molar-refractivity contribution is -0.144. The third-order valence-electron chi connectivity index (χ3n) is 3.25. The third kappa shape index (κ3) is 3.08. The lowest BCUT2D eigenvalue weighted by Crippen LogP contribution is -2.49. The van der Waals surface area contributed by atoms with Gasteiger partial charge in [0.15, 0.2) is 5.54 Å². The predicted octanol–water partition coefficient (Wildman–Crippen LogP) is 2.56. The van der Waals surface area contributed by atoms with E-state index in [1.54, 1.807) is 30.3 Å². The van der Waals surface area contributed by atoms with Crippen LogP contribution < -0.4 is 5.32 Å². The van der Waals surface area contributed by atoms with Crippen molar-refractivity contribution in [2.75, 3.05) is 0 Å². The number of benzene rings is 2. The van der Waals surface area contributed by atoms with Crippen LogP contribution in [0.15, 0.2) is 54.6 Å². The van der Waals surface area contributed by atoms with Crippen molar-refractivity contribution < 1.29 is 19.1 Å². The molecule has 1 amide bonds. The first-order valence-electron chi connectivity index (χ1n) is 6.30. The minimum absolute atomic E-state index is 0.194. The fourth-order valence-corrected chi connectivity index (χ4v) is 1.92. The Balaban J connectivity index is 2.31. The number of nitrogens with one attached hydrogen (secondary N) is 1. The molecule has 0 heterocycles. The zero-order valence-electron chi connectivity index (χ0n) is 11.3. The molecule has 0 saturated heterocycles. The number of halogens is 1. The summed E-state index contributed by atoms with van der Waals surface area (Å²) in [7, 11) is 0. The zero-order valence-corrected chi connectivity index (χ0v) is 11.3. The van der Waals surface area contributed by atoms with Gasteiger partial charge in [0.2, 0.25) is 0 Å². The summed E-state index contributed by atoms with van der Waals surface area (Å²) in [4.78, 5) is 23.7. The predicted molar refractivity (Wildman–Crippen MR) is 75.3 cm³/mol. The lowest BCUT2D eigenvalue weighted by atomic mass is 9.91. The molecule has 2 aromatic carbocycles. The minimum Gasteiger partial charge on any atom is -0.479 e. The van der Waals surface area contributed by atoms with Crippen molar-refractivity contribution in [1.82, 2.24) is 5.32 Å². The Labute approximate surface area is 121 Å². The van der Waals surface area contributed by atoms with E-state index in [4.69, 9.17) is 0 Å². The molecular weight excluding hydrogens is 273 g/mol. The first kappa shape index (κ1) is 14.7. The summed E-state index contributed by atoms with van der Waals surface area (Å²) in [5.74, 6) is -2.22. The second-order valence-electron chi connectivity index (χ2n) is 4.76. The molecule has 0 fully saturated rings. The number of rotatable bonds is 4. The number of aliphatic carboxylic acids is 1. The molecular formula is C16H14FNO3. The van der Waals surface area contributed by atoms with Crippen molar-refractivity contribution in [3.63, 3.8) is 0 Å². The quantitative estimate of drug-likeness (QED) is 0.908. The number of amides is 1. The molecule has 0 spiro atoms. The highest BCUT2D eigenvalue weighted by Gasteiger charge is 2.36. The SMILES string of the molecule is CC(NC(=O)c1ccc(F)cc1)(C(=O)O)c1ccccc1. The van der Waals surface area contributed by atoms with Gasteiger partial charge in [-0.3, -0.25) is 4.79 Å². The molecule has 0 aliphatic carbocycles. The van der Waals surface area contributed by atoms with Gasteiger partial charge in [-0.2, -0.15) is 0 Å². The monoisotopic (exact) mass is 287 g/mol. The highest BCUT2D eigenvalue weighted by Crippen LogP contribution is 2.21. The summed E-state index contributed by atoms with van der Waals surface area (Å²) in [6.07, 6.45) is 0. The van der Waals surface area contributed by atoms with Crippen LogP contribution in [0.5, 0.6) is 0 Å². The molecule has 2 aromatic rings. The molecule has 2 N–H and O–H groups in total. The molecule has 0 radical (unpaired) electrons. The number of carboxylic acids is 1. The van der Waals surface area contributed by atoms with E-state index in [0.29, 0.717) is 5.56 Å². The summed E-state index contributed by atoms with van der Waals surface area (Å²) < 4.78 is 12.9. The van der Waals surface area contributed by atoms with E-state index in [1.165, 1.54) is 19.1 Å². The van der Waals surface area contributed by atoms with Crippen LogP contribution in [-0.2, 0) is 10.3 Å². The summed E-state index contributed by atoms with van der Waals surface area (Å²) in [5.41, 5.74) is -0.917. The van der Waals surface area contributed by atoms with Crippen molar-refractivity contribution in [2.24, 2.45) is 0 Å². The Bertz CT molecular complexity index is 655. The number of hydrogen-bond donors (Lipinski definition) is 2. The van der Waals surface area contributed by atoms with Gasteiger partial charge in [-0.15, -0.1) is 0 Å². The van der Waals surface area contributed by atoms with Crippen LogP contribution in [0.2, 0.25) is 0 Å². The molecule has 0 aliphatic heterocycles. The summed E-state index contributed by atoms with van der Waals surface area (Å²) >= 11 is 0. The number of carbonyl (C=O) groups excluding carboxylic acids is 1. The molecule has 4 nitrogen and oxygen atoms in total. The van der Waals surface area contributed by atoms with Gasteiger partial charge in [-0.05, 0) is 36.8 Å². The van der Waals surface area contributed by atoms with Gasteiger partial charge < -0.3 is 10.4 Å². The van der Waals surface area contributed by atoms with Crippen molar-refractivity contribution in [1.29, 1.82) is 0 Å². The van der Waals surface area contributed by atoms with E-state index in [-0.39, 0.29) is 5.56 Å². The molecule has 2 rings (SSSR count). The molecule has 5 heteroatoms. The highest BCUT2D eigenvalue weighted by atomic mass is 19.1. The van der Waals surface area contributed by atoms with Gasteiger partial charge >= 0.3 is 5.97 Å². The molecule has 21 heavy (non-hydrogen) atoms. The van der Waals surface area contributed by atoms with Crippen molar-refractivity contribution in [3.8, 4) is 0 Å². The van der Waals surface area contributed by atoms with Gasteiger partial charge in [-0.1, -0.05) is 30.3 Å². The van der Waals surface area contributed by atoms with Gasteiger partial charge in [-0.25, -0.2) is 9.18 Å². The zero-order chi connectivity index (χ0) is 15.5. The van der Waals surface area contributed by atoms with E-state index in [9.17, 15) is 19.1 Å². The Hall–Kier alpha value is -2.69. The van der Waals surface area contributed by atoms with Crippen LogP contribution in [0.25, 0.3) is 0 Å². The maximum Gasteiger partial charge on any atom is 0.333 e. The van der Waals surface area contributed by atoms with Crippen LogP contribution in [-0.4, -0.2) is 17.0 Å². The van der Waals surface area contributed by atoms with Crippen LogP contribution in [0.3, 0.4) is 0 Å². The van der Waals surface area contributed by atoms with Crippen LogP contribution in [0.4, 0.5) is 4.39 Å². The Morgan fingerprint density at radius 1 is 1.05 bits per heavy atom. The highest BCUT2D eigenvalue weighted by molar-refractivity contribution is 5.98. The van der Waals surface area contributed by atoms with Crippen molar-refractivity contribution in [2.45, 2.75) is 12.5 Å². The molecule has 1 unspecified atom stereocenters. The van der Waals surface area contributed by atoms with E-state index < -0.39 is 23.2 Å². The second-order valence-corrected chi connectivity index (χ2v) is 4.76. The van der Waals surface area contributed by atoms with E-state index in [2.05, 4.69) is 5.32 Å². The third-order valence-corrected chi connectivity index (χ3v) is 3.25. The van der Waals surface area contributed by atoms with E-state index in [1.807, 2.05) is 0 Å². The largest absolute Gasteiger partial charge is 0.479 e. The average molecular weight is 287 g/mol. The Kier molecular flexibility index (Phi) is 4.03. The van der Waals surface area contributed by atoms with Crippen molar-refractivity contribution >= 4 is 11.9 Å². The smallest absolute Gasteiger partial charge is 0.333 e. The normalized spacial score (nSPS) is 13.2. The molecule has 1 atom stereocenters. The van der Waals surface area contributed by atoms with Crippen LogP contribution in [0, 0.1) is 5.82 Å². The Morgan fingerprint density at radius 3 is 2.14 bits per heavy atom. The molecule has 108 valence electrons. The fraction of sp³-hybridized carbons (Fsp3) is 0.125. The standard InChI is InChI=1S/C16H14FNO3/c1-16(15(20)21,12-5-3-2-4-6-12)18-14(19)11-7-9-13(17)10-8-11/h2-10H,1H3,(H,18,19)(H,20,21). The minimum atomic E-state index is -1.56. The maximum absolute atomic E-state index is 12.9. The number of carboxylic acid groups (broad SMARTS) is 1. The number of hydrogen-bond acceptors (Lipinski definition) is 2. The van der Waals surface area contributed by atoms with Gasteiger partial charge in [0.05, 0.1) is 0 Å². The first-order valence-corrected chi connectivity index (χ1v) is 6.30. The van der Waals surface area contributed by atoms with Gasteiger partial charge in [0.25, 0.3) is 5.91 Å². The number of carbonyl (C=O) groups is 2. The first-order chi connectivity index (χ1) is 9.93. The van der Waals surface area contributed by atoms with E-state index in [0.717, 1.165) is 12.1 Å². The molecule has 0 saturated carbocycles.